The molecule has 134 valence electrons. The molecule has 3 rings (SSSR count). The minimum Gasteiger partial charge on any atom is -0.478 e. The number of carboxylic acid groups (broad SMARTS) is 1. The van der Waals surface area contributed by atoms with Gasteiger partial charge in [0.1, 0.15) is 0 Å². The van der Waals surface area contributed by atoms with E-state index in [1.54, 1.807) is 0 Å². The van der Waals surface area contributed by atoms with E-state index in [1.807, 2.05) is 13.0 Å². The number of allylic oxidation sites excluding steroid dienone is 3. The molecule has 1 fully saturated rings. The van der Waals surface area contributed by atoms with Crippen molar-refractivity contribution in [2.75, 3.05) is 0 Å². The van der Waals surface area contributed by atoms with E-state index in [0.29, 0.717) is 11.8 Å². The summed E-state index contributed by atoms with van der Waals surface area (Å²) >= 11 is 0. The first-order chi connectivity index (χ1) is 11.6. The fraction of sp³-hybridized carbons (Fsp3) is 0.522. The quantitative estimate of drug-likeness (QED) is 0.562. The smallest absolute Gasteiger partial charge is 0.328 e. The maximum Gasteiger partial charge on any atom is 0.328 e. The Bertz CT molecular complexity index is 749. The highest BCUT2D eigenvalue weighted by molar-refractivity contribution is 5.81. The van der Waals surface area contributed by atoms with E-state index in [2.05, 4.69) is 52.0 Å². The second-order valence-electron chi connectivity index (χ2n) is 9.16. The van der Waals surface area contributed by atoms with Crippen molar-refractivity contribution >= 4 is 5.97 Å². The standard InChI is InChI=1S/C23H30O2/c1-15(12-21(24)25)6-7-16-13-18(16)17-8-9-19-20(14-17)23(4,5)11-10-22(19,2)3/h6-9,12,14,16,18H,10-11,13H2,1-5H3,(H,24,25)/b7-6+,15-12+. The summed E-state index contributed by atoms with van der Waals surface area (Å²) in [5, 5.41) is 8.79. The average molecular weight is 338 g/mol. The first-order valence-corrected chi connectivity index (χ1v) is 9.34. The summed E-state index contributed by atoms with van der Waals surface area (Å²) in [4.78, 5) is 10.7. The minimum absolute atomic E-state index is 0.252. The van der Waals surface area contributed by atoms with Crippen molar-refractivity contribution < 1.29 is 9.90 Å². The van der Waals surface area contributed by atoms with Crippen molar-refractivity contribution in [3.8, 4) is 0 Å². The van der Waals surface area contributed by atoms with Crippen LogP contribution >= 0.6 is 0 Å². The second-order valence-corrected chi connectivity index (χ2v) is 9.16. The van der Waals surface area contributed by atoms with Crippen LogP contribution in [0.4, 0.5) is 0 Å². The summed E-state index contributed by atoms with van der Waals surface area (Å²) in [6.07, 6.45) is 9.04. The zero-order valence-corrected chi connectivity index (χ0v) is 16.1. The van der Waals surface area contributed by atoms with Gasteiger partial charge < -0.3 is 5.11 Å². The number of benzene rings is 1. The maximum atomic E-state index is 10.7. The van der Waals surface area contributed by atoms with Crippen LogP contribution < -0.4 is 0 Å². The Labute approximate surface area is 151 Å². The molecule has 0 aliphatic heterocycles. The van der Waals surface area contributed by atoms with Gasteiger partial charge in [0.05, 0.1) is 0 Å². The molecule has 2 unspecified atom stereocenters. The highest BCUT2D eigenvalue weighted by atomic mass is 16.4. The molecule has 1 N–H and O–H groups in total. The average Bonchev–Trinajstić information content (AvgIpc) is 3.29. The summed E-state index contributed by atoms with van der Waals surface area (Å²) in [5.74, 6) is 0.240. The lowest BCUT2D eigenvalue weighted by Gasteiger charge is -2.42. The van der Waals surface area contributed by atoms with Gasteiger partial charge in [-0.1, -0.05) is 58.0 Å². The van der Waals surface area contributed by atoms with E-state index in [0.717, 1.165) is 5.57 Å². The van der Waals surface area contributed by atoms with Gasteiger partial charge in [0.15, 0.2) is 0 Å². The van der Waals surface area contributed by atoms with Crippen LogP contribution in [0.2, 0.25) is 0 Å². The predicted molar refractivity (Wildman–Crippen MR) is 103 cm³/mol. The monoisotopic (exact) mass is 338 g/mol. The van der Waals surface area contributed by atoms with Crippen LogP contribution in [-0.4, -0.2) is 11.1 Å². The molecule has 2 atom stereocenters. The van der Waals surface area contributed by atoms with Crippen LogP contribution in [-0.2, 0) is 15.6 Å². The summed E-state index contributed by atoms with van der Waals surface area (Å²) in [5.41, 5.74) is 5.80. The van der Waals surface area contributed by atoms with Crippen LogP contribution in [0, 0.1) is 5.92 Å². The van der Waals surface area contributed by atoms with Gasteiger partial charge in [-0.25, -0.2) is 4.79 Å². The number of aliphatic carboxylic acids is 1. The van der Waals surface area contributed by atoms with Crippen LogP contribution in [0.25, 0.3) is 0 Å². The molecule has 0 amide bonds. The normalized spacial score (nSPS) is 27.2. The first kappa shape index (κ1) is 18.0. The van der Waals surface area contributed by atoms with Crippen molar-refractivity contribution in [1.29, 1.82) is 0 Å². The van der Waals surface area contributed by atoms with E-state index in [1.165, 1.54) is 42.0 Å². The number of carboxylic acids is 1. The molecule has 0 aromatic heterocycles. The number of hydrogen-bond donors (Lipinski definition) is 1. The van der Waals surface area contributed by atoms with Crippen LogP contribution in [0.5, 0.6) is 0 Å². The molecule has 0 spiro atoms. The van der Waals surface area contributed by atoms with Crippen molar-refractivity contribution in [1.82, 2.24) is 0 Å². The van der Waals surface area contributed by atoms with Gasteiger partial charge in [0.25, 0.3) is 0 Å². The highest BCUT2D eigenvalue weighted by Crippen LogP contribution is 2.52. The molecule has 2 heteroatoms. The molecule has 25 heavy (non-hydrogen) atoms. The number of carbonyl (C=O) groups is 1. The lowest BCUT2D eigenvalue weighted by atomic mass is 9.63. The molecule has 0 heterocycles. The Morgan fingerprint density at radius 3 is 2.40 bits per heavy atom. The van der Waals surface area contributed by atoms with E-state index in [4.69, 9.17) is 5.11 Å². The number of hydrogen-bond acceptors (Lipinski definition) is 1. The molecule has 0 bridgehead atoms. The van der Waals surface area contributed by atoms with Crippen LogP contribution in [0.15, 0.2) is 42.0 Å². The van der Waals surface area contributed by atoms with Crippen molar-refractivity contribution in [3.63, 3.8) is 0 Å². The SMILES string of the molecule is CC(/C=C/C1CC1c1ccc2c(c1)C(C)(C)CCC2(C)C)=C\C(=O)O. The third-order valence-electron chi connectivity index (χ3n) is 6.10. The van der Waals surface area contributed by atoms with Crippen molar-refractivity contribution in [2.45, 2.75) is 70.6 Å². The van der Waals surface area contributed by atoms with Crippen molar-refractivity contribution in [3.05, 3.63) is 58.7 Å². The number of fused-ring (bicyclic) bond motifs is 1. The molecule has 0 saturated heterocycles. The van der Waals surface area contributed by atoms with Gasteiger partial charge in [-0.3, -0.25) is 0 Å². The topological polar surface area (TPSA) is 37.3 Å². The zero-order valence-electron chi connectivity index (χ0n) is 16.1. The van der Waals surface area contributed by atoms with Gasteiger partial charge in [0, 0.05) is 6.08 Å². The van der Waals surface area contributed by atoms with E-state index >= 15 is 0 Å². The minimum atomic E-state index is -0.881. The predicted octanol–water partition coefficient (Wildman–Crippen LogP) is 5.73. The summed E-state index contributed by atoms with van der Waals surface area (Å²) in [7, 11) is 0. The van der Waals surface area contributed by atoms with Gasteiger partial charge in [-0.2, -0.15) is 0 Å². The van der Waals surface area contributed by atoms with Gasteiger partial charge in [-0.05, 0) is 71.1 Å². The molecule has 1 aromatic carbocycles. The van der Waals surface area contributed by atoms with E-state index in [9.17, 15) is 4.79 Å². The molecule has 1 saturated carbocycles. The molecule has 0 radical (unpaired) electrons. The fourth-order valence-electron chi connectivity index (χ4n) is 4.17. The molecule has 2 aliphatic rings. The van der Waals surface area contributed by atoms with Gasteiger partial charge >= 0.3 is 5.97 Å². The molecule has 2 aliphatic carbocycles. The summed E-state index contributed by atoms with van der Waals surface area (Å²) in [6.45, 7) is 11.3. The summed E-state index contributed by atoms with van der Waals surface area (Å²) < 4.78 is 0. The van der Waals surface area contributed by atoms with Crippen molar-refractivity contribution in [2.24, 2.45) is 5.92 Å². The third kappa shape index (κ3) is 3.73. The maximum absolute atomic E-state index is 10.7. The Balaban J connectivity index is 1.80. The Hall–Kier alpha value is -1.83. The van der Waals surface area contributed by atoms with E-state index in [-0.39, 0.29) is 10.8 Å². The molecular weight excluding hydrogens is 308 g/mol. The Morgan fingerprint density at radius 1 is 1.12 bits per heavy atom. The molecular formula is C23H30O2. The van der Waals surface area contributed by atoms with E-state index < -0.39 is 5.97 Å². The zero-order chi connectivity index (χ0) is 18.4. The number of rotatable bonds is 4. The highest BCUT2D eigenvalue weighted by Gasteiger charge is 2.40. The third-order valence-corrected chi connectivity index (χ3v) is 6.10. The van der Waals surface area contributed by atoms with Crippen LogP contribution in [0.3, 0.4) is 0 Å². The largest absolute Gasteiger partial charge is 0.478 e. The molecule has 2 nitrogen and oxygen atoms in total. The lowest BCUT2D eigenvalue weighted by molar-refractivity contribution is -0.131. The van der Waals surface area contributed by atoms with Gasteiger partial charge in [-0.15, -0.1) is 0 Å². The van der Waals surface area contributed by atoms with Crippen LogP contribution in [0.1, 0.15) is 76.5 Å². The first-order valence-electron chi connectivity index (χ1n) is 9.34. The molecule has 1 aromatic rings. The fourth-order valence-corrected chi connectivity index (χ4v) is 4.17. The Morgan fingerprint density at radius 2 is 1.76 bits per heavy atom. The second kappa shape index (κ2) is 6.16. The van der Waals surface area contributed by atoms with Gasteiger partial charge in [0.2, 0.25) is 0 Å². The Kier molecular flexibility index (Phi) is 4.43. The lowest BCUT2D eigenvalue weighted by Crippen LogP contribution is -2.33. The summed E-state index contributed by atoms with van der Waals surface area (Å²) in [6, 6.07) is 7.13.